The van der Waals surface area contributed by atoms with Crippen LogP contribution in [0.5, 0.6) is 0 Å². The van der Waals surface area contributed by atoms with E-state index >= 15 is 0 Å². The first-order valence-electron chi connectivity index (χ1n) is 5.88. The lowest BCUT2D eigenvalue weighted by atomic mass is 10.3. The van der Waals surface area contributed by atoms with Gasteiger partial charge in [-0.15, -0.1) is 0 Å². The molecule has 5 nitrogen and oxygen atoms in total. The highest BCUT2D eigenvalue weighted by Crippen LogP contribution is 2.10. The second-order valence-electron chi connectivity index (χ2n) is 4.04. The molecule has 20 heavy (non-hydrogen) atoms. The number of aromatic nitrogens is 3. The molecule has 1 N–H and O–H groups in total. The molecule has 0 fully saturated rings. The molecule has 3 aromatic rings. The van der Waals surface area contributed by atoms with E-state index in [9.17, 15) is 9.18 Å². The first-order chi connectivity index (χ1) is 9.72. The maximum Gasteiger partial charge on any atom is 0.277 e. The molecule has 0 saturated carbocycles. The summed E-state index contributed by atoms with van der Waals surface area (Å²) in [6.45, 7) is 0. The van der Waals surface area contributed by atoms with Crippen molar-refractivity contribution in [1.82, 2.24) is 15.0 Å². The fourth-order valence-corrected chi connectivity index (χ4v) is 1.72. The Morgan fingerprint density at radius 1 is 1.00 bits per heavy atom. The molecule has 0 bridgehead atoms. The van der Waals surface area contributed by atoms with Crippen LogP contribution in [-0.4, -0.2) is 20.9 Å². The number of benzene rings is 1. The van der Waals surface area contributed by atoms with Gasteiger partial charge in [0.1, 0.15) is 11.5 Å². The largest absolute Gasteiger partial charge is 0.305 e. The van der Waals surface area contributed by atoms with Crippen LogP contribution in [0.25, 0.3) is 11.0 Å². The highest BCUT2D eigenvalue weighted by atomic mass is 19.1. The monoisotopic (exact) mass is 268 g/mol. The van der Waals surface area contributed by atoms with E-state index in [2.05, 4.69) is 20.3 Å². The van der Waals surface area contributed by atoms with Gasteiger partial charge in [-0.1, -0.05) is 18.2 Å². The van der Waals surface area contributed by atoms with Gasteiger partial charge in [0.05, 0.1) is 17.2 Å². The molecule has 2 aromatic heterocycles. The van der Waals surface area contributed by atoms with Crippen LogP contribution < -0.4 is 5.32 Å². The van der Waals surface area contributed by atoms with E-state index in [4.69, 9.17) is 0 Å². The van der Waals surface area contributed by atoms with Crippen molar-refractivity contribution in [3.63, 3.8) is 0 Å². The van der Waals surface area contributed by atoms with Crippen molar-refractivity contribution in [3.8, 4) is 0 Å². The average molecular weight is 268 g/mol. The first-order valence-corrected chi connectivity index (χ1v) is 5.88. The smallest absolute Gasteiger partial charge is 0.277 e. The van der Waals surface area contributed by atoms with Crippen molar-refractivity contribution >= 4 is 22.8 Å². The fraction of sp³-hybridized carbons (Fsp3) is 0. The zero-order chi connectivity index (χ0) is 13.9. The van der Waals surface area contributed by atoms with Crippen molar-refractivity contribution in [2.24, 2.45) is 0 Å². The van der Waals surface area contributed by atoms with E-state index in [1.165, 1.54) is 24.4 Å². The molecule has 0 unspecified atom stereocenters. The predicted octanol–water partition coefficient (Wildman–Crippen LogP) is 2.42. The second-order valence-corrected chi connectivity index (χ2v) is 4.04. The summed E-state index contributed by atoms with van der Waals surface area (Å²) in [6, 6.07) is 11.4. The van der Waals surface area contributed by atoms with Crippen molar-refractivity contribution in [2.45, 2.75) is 0 Å². The summed E-state index contributed by atoms with van der Waals surface area (Å²) in [5, 5.41) is 2.47. The third kappa shape index (κ3) is 2.44. The quantitative estimate of drug-likeness (QED) is 0.725. The van der Waals surface area contributed by atoms with Gasteiger partial charge in [0.2, 0.25) is 5.95 Å². The normalized spacial score (nSPS) is 10.4. The van der Waals surface area contributed by atoms with Crippen LogP contribution >= 0.6 is 0 Å². The maximum absolute atomic E-state index is 12.9. The van der Waals surface area contributed by atoms with Gasteiger partial charge < -0.3 is 5.32 Å². The highest BCUT2D eigenvalue weighted by Gasteiger charge is 2.10. The lowest BCUT2D eigenvalue weighted by Gasteiger charge is -2.04. The van der Waals surface area contributed by atoms with Crippen molar-refractivity contribution in [3.05, 3.63) is 60.3 Å². The molecule has 0 aliphatic carbocycles. The SMILES string of the molecule is O=C(Nc1cccc(F)n1)c1cnc2ccccc2n1. The summed E-state index contributed by atoms with van der Waals surface area (Å²) >= 11 is 0. The third-order valence-electron chi connectivity index (χ3n) is 2.64. The van der Waals surface area contributed by atoms with Crippen LogP contribution in [0.4, 0.5) is 10.2 Å². The Hall–Kier alpha value is -2.89. The van der Waals surface area contributed by atoms with Gasteiger partial charge in [-0.3, -0.25) is 9.78 Å². The van der Waals surface area contributed by atoms with Crippen LogP contribution in [0.3, 0.4) is 0 Å². The number of para-hydroxylation sites is 2. The Balaban J connectivity index is 1.88. The zero-order valence-corrected chi connectivity index (χ0v) is 10.2. The third-order valence-corrected chi connectivity index (χ3v) is 2.64. The van der Waals surface area contributed by atoms with Crippen molar-refractivity contribution in [1.29, 1.82) is 0 Å². The van der Waals surface area contributed by atoms with E-state index < -0.39 is 11.9 Å². The number of nitrogens with one attached hydrogen (secondary N) is 1. The van der Waals surface area contributed by atoms with Gasteiger partial charge in [0.15, 0.2) is 0 Å². The van der Waals surface area contributed by atoms with Crippen molar-refractivity contribution < 1.29 is 9.18 Å². The predicted molar refractivity (Wildman–Crippen MR) is 71.7 cm³/mol. The standard InChI is InChI=1S/C14H9FN4O/c15-12-6-3-7-13(18-12)19-14(20)11-8-16-9-4-1-2-5-10(9)17-11/h1-8H,(H,18,19,20). The molecule has 0 aliphatic rings. The van der Waals surface area contributed by atoms with E-state index in [-0.39, 0.29) is 11.5 Å². The molecule has 98 valence electrons. The number of amides is 1. The Morgan fingerprint density at radius 3 is 2.60 bits per heavy atom. The molecule has 3 rings (SSSR count). The van der Waals surface area contributed by atoms with E-state index in [1.54, 1.807) is 12.1 Å². The Labute approximate surface area is 113 Å². The number of hydrogen-bond acceptors (Lipinski definition) is 4. The molecule has 0 saturated heterocycles. The van der Waals surface area contributed by atoms with Crippen LogP contribution in [0.2, 0.25) is 0 Å². The maximum atomic E-state index is 12.9. The molecule has 1 aromatic carbocycles. The van der Waals surface area contributed by atoms with E-state index in [0.717, 1.165) is 0 Å². The van der Waals surface area contributed by atoms with Gasteiger partial charge in [-0.2, -0.15) is 4.39 Å². The topological polar surface area (TPSA) is 67.8 Å². The molecular weight excluding hydrogens is 259 g/mol. The Kier molecular flexibility index (Phi) is 3.04. The number of carbonyl (C=O) groups excluding carboxylic acids is 1. The summed E-state index contributed by atoms with van der Waals surface area (Å²) in [6.07, 6.45) is 1.37. The molecule has 0 atom stereocenters. The molecule has 6 heteroatoms. The van der Waals surface area contributed by atoms with Gasteiger partial charge in [0, 0.05) is 0 Å². The fourth-order valence-electron chi connectivity index (χ4n) is 1.72. The number of fused-ring (bicyclic) bond motifs is 1. The molecule has 1 amide bonds. The molecule has 2 heterocycles. The highest BCUT2D eigenvalue weighted by molar-refractivity contribution is 6.02. The number of nitrogens with zero attached hydrogens (tertiary/aromatic N) is 3. The number of rotatable bonds is 2. The number of carbonyl (C=O) groups is 1. The first kappa shape index (κ1) is 12.2. The minimum Gasteiger partial charge on any atom is -0.305 e. The number of anilines is 1. The lowest BCUT2D eigenvalue weighted by molar-refractivity contribution is 0.102. The minimum absolute atomic E-state index is 0.130. The number of halogens is 1. The van der Waals surface area contributed by atoms with Crippen molar-refractivity contribution in [2.75, 3.05) is 5.32 Å². The molecule has 0 radical (unpaired) electrons. The second kappa shape index (κ2) is 5.00. The van der Waals surface area contributed by atoms with Gasteiger partial charge in [-0.05, 0) is 24.3 Å². The summed E-state index contributed by atoms with van der Waals surface area (Å²) < 4.78 is 12.9. The number of hydrogen-bond donors (Lipinski definition) is 1. The van der Waals surface area contributed by atoms with Gasteiger partial charge in [0.25, 0.3) is 5.91 Å². The Bertz CT molecular complexity index is 791. The molecule has 0 aliphatic heterocycles. The van der Waals surface area contributed by atoms with Crippen LogP contribution in [0, 0.1) is 5.95 Å². The summed E-state index contributed by atoms with van der Waals surface area (Å²) in [7, 11) is 0. The van der Waals surface area contributed by atoms with E-state index in [0.29, 0.717) is 11.0 Å². The van der Waals surface area contributed by atoms with Crippen LogP contribution in [0.15, 0.2) is 48.7 Å². The molecule has 0 spiro atoms. The summed E-state index contributed by atoms with van der Waals surface area (Å²) in [5.74, 6) is -1.02. The van der Waals surface area contributed by atoms with Crippen LogP contribution in [-0.2, 0) is 0 Å². The van der Waals surface area contributed by atoms with E-state index in [1.807, 2.05) is 12.1 Å². The number of pyridine rings is 1. The van der Waals surface area contributed by atoms with Gasteiger partial charge in [-0.25, -0.2) is 9.97 Å². The van der Waals surface area contributed by atoms with Crippen LogP contribution in [0.1, 0.15) is 10.5 Å². The minimum atomic E-state index is -0.660. The Morgan fingerprint density at radius 2 is 1.80 bits per heavy atom. The summed E-state index contributed by atoms with van der Waals surface area (Å²) in [4.78, 5) is 23.9. The average Bonchev–Trinajstić information content (AvgIpc) is 2.47. The molecular formula is C14H9FN4O. The zero-order valence-electron chi connectivity index (χ0n) is 10.2. The summed E-state index contributed by atoms with van der Waals surface area (Å²) in [5.41, 5.74) is 1.47. The van der Waals surface area contributed by atoms with Gasteiger partial charge >= 0.3 is 0 Å². The lowest BCUT2D eigenvalue weighted by Crippen LogP contribution is -2.15.